The first-order valence-corrected chi connectivity index (χ1v) is 6.07. The number of aliphatic hydroxyl groups excluding tert-OH is 1. The van der Waals surface area contributed by atoms with Crippen molar-refractivity contribution in [3.05, 3.63) is 0 Å². The highest BCUT2D eigenvalue weighted by Gasteiger charge is 2.24. The van der Waals surface area contributed by atoms with Gasteiger partial charge in [0.05, 0.1) is 6.10 Å². The van der Waals surface area contributed by atoms with Crippen molar-refractivity contribution in [2.24, 2.45) is 5.92 Å². The molecule has 84 valence electrons. The van der Waals surface area contributed by atoms with E-state index < -0.39 is 0 Å². The van der Waals surface area contributed by atoms with Gasteiger partial charge in [-0.1, -0.05) is 19.8 Å². The highest BCUT2D eigenvalue weighted by Crippen LogP contribution is 2.23. The molecule has 1 aliphatic heterocycles. The van der Waals surface area contributed by atoms with Crippen LogP contribution in [0.15, 0.2) is 0 Å². The van der Waals surface area contributed by atoms with Crippen molar-refractivity contribution in [2.75, 3.05) is 13.1 Å². The Morgan fingerprint density at radius 3 is 2.29 bits per heavy atom. The Bertz CT molecular complexity index is 150. The van der Waals surface area contributed by atoms with Crippen LogP contribution in [-0.4, -0.2) is 35.2 Å². The van der Waals surface area contributed by atoms with Crippen molar-refractivity contribution < 1.29 is 5.11 Å². The fourth-order valence-electron chi connectivity index (χ4n) is 2.36. The van der Waals surface area contributed by atoms with E-state index in [4.69, 9.17) is 0 Å². The zero-order chi connectivity index (χ0) is 10.6. The van der Waals surface area contributed by atoms with Gasteiger partial charge in [0.2, 0.25) is 0 Å². The van der Waals surface area contributed by atoms with Crippen LogP contribution in [0.4, 0.5) is 0 Å². The van der Waals surface area contributed by atoms with E-state index in [2.05, 4.69) is 18.7 Å². The van der Waals surface area contributed by atoms with Gasteiger partial charge in [0.25, 0.3) is 0 Å². The Hall–Kier alpha value is -0.0800. The second kappa shape index (κ2) is 5.72. The molecule has 2 atom stereocenters. The molecule has 2 unspecified atom stereocenters. The molecular formula is C12H25NO. The maximum absolute atomic E-state index is 9.50. The van der Waals surface area contributed by atoms with Gasteiger partial charge in [-0.25, -0.2) is 0 Å². The van der Waals surface area contributed by atoms with E-state index in [1.165, 1.54) is 38.8 Å². The van der Waals surface area contributed by atoms with Crippen LogP contribution in [0.1, 0.15) is 46.5 Å². The summed E-state index contributed by atoms with van der Waals surface area (Å²) in [6, 6.07) is 0.331. The molecular weight excluding hydrogens is 174 g/mol. The van der Waals surface area contributed by atoms with Crippen molar-refractivity contribution in [3.63, 3.8) is 0 Å². The molecule has 0 saturated carbocycles. The molecule has 1 saturated heterocycles. The second-order valence-corrected chi connectivity index (χ2v) is 4.75. The summed E-state index contributed by atoms with van der Waals surface area (Å²) in [6.45, 7) is 8.64. The molecule has 0 aliphatic carbocycles. The second-order valence-electron chi connectivity index (χ2n) is 4.75. The molecule has 1 N–H and O–H groups in total. The molecule has 1 heterocycles. The van der Waals surface area contributed by atoms with E-state index in [0.29, 0.717) is 6.04 Å². The Labute approximate surface area is 88.3 Å². The Morgan fingerprint density at radius 1 is 1.29 bits per heavy atom. The number of rotatable bonds is 4. The van der Waals surface area contributed by atoms with E-state index in [1.807, 2.05) is 6.92 Å². The zero-order valence-electron chi connectivity index (χ0n) is 9.87. The number of hydrogen-bond donors (Lipinski definition) is 1. The number of aliphatic hydroxyl groups is 1. The lowest BCUT2D eigenvalue weighted by Gasteiger charge is -2.37. The predicted molar refractivity (Wildman–Crippen MR) is 60.3 cm³/mol. The Morgan fingerprint density at radius 2 is 1.86 bits per heavy atom. The molecule has 1 fully saturated rings. The normalized spacial score (nSPS) is 24.9. The van der Waals surface area contributed by atoms with Gasteiger partial charge in [0.1, 0.15) is 0 Å². The van der Waals surface area contributed by atoms with Gasteiger partial charge in [-0.3, -0.25) is 4.90 Å². The van der Waals surface area contributed by atoms with Crippen LogP contribution in [0.2, 0.25) is 0 Å². The smallest absolute Gasteiger partial charge is 0.0664 e. The SMILES string of the molecule is CCCC1CCN(C(C)C(C)O)CC1. The van der Waals surface area contributed by atoms with Crippen molar-refractivity contribution >= 4 is 0 Å². The molecule has 0 radical (unpaired) electrons. The Balaban J connectivity index is 2.28. The number of likely N-dealkylation sites (tertiary alicyclic amines) is 1. The lowest BCUT2D eigenvalue weighted by molar-refractivity contribution is 0.0471. The highest BCUT2D eigenvalue weighted by atomic mass is 16.3. The topological polar surface area (TPSA) is 23.5 Å². The standard InChI is InChI=1S/C12H25NO/c1-4-5-12-6-8-13(9-7-12)10(2)11(3)14/h10-12,14H,4-9H2,1-3H3. The third-order valence-electron chi connectivity index (χ3n) is 3.62. The van der Waals surface area contributed by atoms with Gasteiger partial charge in [0.15, 0.2) is 0 Å². The van der Waals surface area contributed by atoms with Gasteiger partial charge >= 0.3 is 0 Å². The first kappa shape index (κ1) is 12.0. The quantitative estimate of drug-likeness (QED) is 0.751. The summed E-state index contributed by atoms with van der Waals surface area (Å²) in [5.41, 5.74) is 0. The van der Waals surface area contributed by atoms with Crippen LogP contribution >= 0.6 is 0 Å². The summed E-state index contributed by atoms with van der Waals surface area (Å²) in [5, 5.41) is 9.50. The molecule has 1 aliphatic rings. The first-order chi connectivity index (χ1) is 6.65. The predicted octanol–water partition coefficient (Wildman–Crippen LogP) is 2.27. The lowest BCUT2D eigenvalue weighted by Crippen LogP contribution is -2.44. The van der Waals surface area contributed by atoms with Crippen LogP contribution < -0.4 is 0 Å². The first-order valence-electron chi connectivity index (χ1n) is 6.07. The summed E-state index contributed by atoms with van der Waals surface area (Å²) in [5.74, 6) is 0.942. The largest absolute Gasteiger partial charge is 0.392 e. The monoisotopic (exact) mass is 199 g/mol. The molecule has 0 aromatic carbocycles. The average molecular weight is 199 g/mol. The van der Waals surface area contributed by atoms with E-state index in [-0.39, 0.29) is 6.10 Å². The van der Waals surface area contributed by atoms with Crippen LogP contribution in [0.25, 0.3) is 0 Å². The van der Waals surface area contributed by atoms with Crippen LogP contribution in [0.5, 0.6) is 0 Å². The molecule has 0 spiro atoms. The van der Waals surface area contributed by atoms with E-state index >= 15 is 0 Å². The zero-order valence-corrected chi connectivity index (χ0v) is 9.87. The van der Waals surface area contributed by atoms with Crippen LogP contribution in [0.3, 0.4) is 0 Å². The fourth-order valence-corrected chi connectivity index (χ4v) is 2.36. The third-order valence-corrected chi connectivity index (χ3v) is 3.62. The van der Waals surface area contributed by atoms with Gasteiger partial charge in [0, 0.05) is 6.04 Å². The number of piperidine rings is 1. The van der Waals surface area contributed by atoms with Crippen LogP contribution in [-0.2, 0) is 0 Å². The van der Waals surface area contributed by atoms with E-state index in [9.17, 15) is 5.11 Å². The minimum Gasteiger partial charge on any atom is -0.392 e. The maximum Gasteiger partial charge on any atom is 0.0664 e. The van der Waals surface area contributed by atoms with E-state index in [0.717, 1.165) is 5.92 Å². The van der Waals surface area contributed by atoms with Gasteiger partial charge in [-0.05, 0) is 45.7 Å². The summed E-state index contributed by atoms with van der Waals surface area (Å²) in [4.78, 5) is 2.43. The fraction of sp³-hybridized carbons (Fsp3) is 1.00. The Kier molecular flexibility index (Phi) is 4.90. The number of hydrogen-bond acceptors (Lipinski definition) is 2. The highest BCUT2D eigenvalue weighted by molar-refractivity contribution is 4.78. The van der Waals surface area contributed by atoms with Gasteiger partial charge in [-0.2, -0.15) is 0 Å². The minimum atomic E-state index is -0.197. The molecule has 2 nitrogen and oxygen atoms in total. The van der Waals surface area contributed by atoms with Crippen molar-refractivity contribution in [1.82, 2.24) is 4.90 Å². The van der Waals surface area contributed by atoms with Crippen molar-refractivity contribution in [2.45, 2.75) is 58.6 Å². The summed E-state index contributed by atoms with van der Waals surface area (Å²) in [6.07, 6.45) is 5.15. The van der Waals surface area contributed by atoms with Crippen LogP contribution in [0, 0.1) is 5.92 Å². The molecule has 0 amide bonds. The maximum atomic E-state index is 9.50. The van der Waals surface area contributed by atoms with Gasteiger partial charge in [-0.15, -0.1) is 0 Å². The molecule has 1 rings (SSSR count). The average Bonchev–Trinajstić information content (AvgIpc) is 2.18. The van der Waals surface area contributed by atoms with E-state index in [1.54, 1.807) is 0 Å². The van der Waals surface area contributed by atoms with Crippen molar-refractivity contribution in [1.29, 1.82) is 0 Å². The molecule has 0 aromatic rings. The summed E-state index contributed by atoms with van der Waals surface area (Å²) < 4.78 is 0. The van der Waals surface area contributed by atoms with Crippen molar-refractivity contribution in [3.8, 4) is 0 Å². The molecule has 14 heavy (non-hydrogen) atoms. The summed E-state index contributed by atoms with van der Waals surface area (Å²) >= 11 is 0. The summed E-state index contributed by atoms with van der Waals surface area (Å²) in [7, 11) is 0. The molecule has 2 heteroatoms. The third kappa shape index (κ3) is 3.25. The minimum absolute atomic E-state index is 0.197. The lowest BCUT2D eigenvalue weighted by atomic mass is 9.91. The molecule has 0 aromatic heterocycles. The number of nitrogens with zero attached hydrogens (tertiary/aromatic N) is 1. The molecule has 0 bridgehead atoms. The van der Waals surface area contributed by atoms with Gasteiger partial charge < -0.3 is 5.11 Å².